The van der Waals surface area contributed by atoms with Crippen molar-refractivity contribution in [2.75, 3.05) is 5.73 Å². The van der Waals surface area contributed by atoms with Crippen LogP contribution >= 0.6 is 0 Å². The Kier molecular flexibility index (Phi) is 3.43. The van der Waals surface area contributed by atoms with E-state index in [1.807, 2.05) is 6.07 Å². The Labute approximate surface area is 142 Å². The highest BCUT2D eigenvalue weighted by atomic mass is 14.8. The van der Waals surface area contributed by atoms with Crippen molar-refractivity contribution in [1.29, 1.82) is 0 Å². The molecule has 0 aromatic heterocycles. The Morgan fingerprint density at radius 1 is 0.958 bits per heavy atom. The van der Waals surface area contributed by atoms with Gasteiger partial charge < -0.3 is 11.5 Å². The molecule has 0 saturated heterocycles. The molecular weight excluding hydrogens is 292 g/mol. The predicted molar refractivity (Wildman–Crippen MR) is 103 cm³/mol. The first-order valence-corrected chi connectivity index (χ1v) is 8.50. The molecule has 0 fully saturated rings. The lowest BCUT2D eigenvalue weighted by atomic mass is 9.75. The number of hydrogen-bond donors (Lipinski definition) is 2. The maximum atomic E-state index is 6.89. The standard InChI is InChI=1S/C22H22N2/c1-2-22(24)14-13-16-8-4-6-10-18(16)21(22)20-17-9-5-3-7-15(17)11-12-19(20)23/h3-13H,2,14,23-24H2,1H3. The van der Waals surface area contributed by atoms with Crippen molar-refractivity contribution in [2.45, 2.75) is 25.3 Å². The SMILES string of the molecule is CCC1(N)CC=c2ccccc2=C1c1c(N)ccc2ccccc12. The van der Waals surface area contributed by atoms with Crippen molar-refractivity contribution in [3.8, 4) is 0 Å². The first-order valence-electron chi connectivity index (χ1n) is 8.50. The number of fused-ring (bicyclic) bond motifs is 2. The number of nitrogens with two attached hydrogens (primary N) is 2. The first-order chi connectivity index (χ1) is 11.6. The smallest absolute Gasteiger partial charge is 0.0455 e. The van der Waals surface area contributed by atoms with Gasteiger partial charge in [0, 0.05) is 16.8 Å². The minimum Gasteiger partial charge on any atom is -0.398 e. The fraction of sp³-hybridized carbons (Fsp3) is 0.182. The summed E-state index contributed by atoms with van der Waals surface area (Å²) >= 11 is 0. The zero-order valence-electron chi connectivity index (χ0n) is 13.9. The van der Waals surface area contributed by atoms with E-state index in [0.29, 0.717) is 0 Å². The predicted octanol–water partition coefficient (Wildman–Crippen LogP) is 2.91. The van der Waals surface area contributed by atoms with Crippen LogP contribution in [0.1, 0.15) is 25.3 Å². The summed E-state index contributed by atoms with van der Waals surface area (Å²) in [6.45, 7) is 2.16. The van der Waals surface area contributed by atoms with E-state index in [1.54, 1.807) is 0 Å². The van der Waals surface area contributed by atoms with Crippen LogP contribution in [0.4, 0.5) is 5.69 Å². The number of benzene rings is 3. The third-order valence-corrected chi connectivity index (χ3v) is 5.26. The highest BCUT2D eigenvalue weighted by Gasteiger charge is 2.32. The fourth-order valence-electron chi connectivity index (χ4n) is 3.84. The Morgan fingerprint density at radius 2 is 1.71 bits per heavy atom. The molecule has 0 amide bonds. The molecule has 4 rings (SSSR count). The zero-order chi connectivity index (χ0) is 16.7. The first kappa shape index (κ1) is 15.0. The number of rotatable bonds is 2. The van der Waals surface area contributed by atoms with Gasteiger partial charge in [-0.3, -0.25) is 0 Å². The van der Waals surface area contributed by atoms with Crippen molar-refractivity contribution in [3.63, 3.8) is 0 Å². The summed E-state index contributed by atoms with van der Waals surface area (Å²) in [5.74, 6) is 0. The lowest BCUT2D eigenvalue weighted by Gasteiger charge is -2.34. The second kappa shape index (κ2) is 5.50. The molecular formula is C22H22N2. The summed E-state index contributed by atoms with van der Waals surface area (Å²) in [5, 5.41) is 4.82. The van der Waals surface area contributed by atoms with E-state index in [0.717, 1.165) is 24.1 Å². The van der Waals surface area contributed by atoms with Crippen LogP contribution in [0.5, 0.6) is 0 Å². The summed E-state index contributed by atoms with van der Waals surface area (Å²) < 4.78 is 0. The molecule has 0 aliphatic heterocycles. The normalized spacial score (nSPS) is 19.8. The van der Waals surface area contributed by atoms with E-state index in [9.17, 15) is 0 Å². The van der Waals surface area contributed by atoms with E-state index in [-0.39, 0.29) is 0 Å². The Bertz CT molecular complexity index is 1050. The minimum atomic E-state index is -0.396. The summed E-state index contributed by atoms with van der Waals surface area (Å²) in [5.41, 5.74) is 16.0. The number of anilines is 1. The van der Waals surface area contributed by atoms with Gasteiger partial charge in [0.05, 0.1) is 0 Å². The molecule has 0 saturated carbocycles. The third kappa shape index (κ3) is 2.15. The second-order valence-electron chi connectivity index (χ2n) is 6.63. The third-order valence-electron chi connectivity index (χ3n) is 5.26. The molecule has 120 valence electrons. The molecule has 0 bridgehead atoms. The van der Waals surface area contributed by atoms with Crippen molar-refractivity contribution in [2.24, 2.45) is 5.73 Å². The maximum absolute atomic E-state index is 6.89. The average Bonchev–Trinajstić information content (AvgIpc) is 2.63. The van der Waals surface area contributed by atoms with Crippen LogP contribution in [0.25, 0.3) is 22.4 Å². The van der Waals surface area contributed by atoms with Crippen molar-refractivity contribution in [1.82, 2.24) is 0 Å². The number of nitrogen functional groups attached to an aromatic ring is 1. The maximum Gasteiger partial charge on any atom is 0.0455 e. The Morgan fingerprint density at radius 3 is 2.54 bits per heavy atom. The van der Waals surface area contributed by atoms with Gasteiger partial charge in [-0.15, -0.1) is 0 Å². The molecule has 1 atom stereocenters. The van der Waals surface area contributed by atoms with E-state index in [1.165, 1.54) is 26.8 Å². The molecule has 2 heteroatoms. The summed E-state index contributed by atoms with van der Waals surface area (Å²) in [6.07, 6.45) is 3.96. The molecule has 1 aliphatic carbocycles. The summed E-state index contributed by atoms with van der Waals surface area (Å²) in [7, 11) is 0. The summed E-state index contributed by atoms with van der Waals surface area (Å²) in [4.78, 5) is 0. The summed E-state index contributed by atoms with van der Waals surface area (Å²) in [6, 6.07) is 21.0. The minimum absolute atomic E-state index is 0.396. The lowest BCUT2D eigenvalue weighted by Crippen LogP contribution is -2.49. The topological polar surface area (TPSA) is 52.0 Å². The van der Waals surface area contributed by atoms with Crippen LogP contribution in [-0.4, -0.2) is 5.54 Å². The van der Waals surface area contributed by atoms with Crippen LogP contribution in [0.2, 0.25) is 0 Å². The quantitative estimate of drug-likeness (QED) is 0.715. The molecule has 3 aromatic carbocycles. The van der Waals surface area contributed by atoms with Crippen LogP contribution in [0.15, 0.2) is 60.7 Å². The van der Waals surface area contributed by atoms with Gasteiger partial charge in [0.2, 0.25) is 0 Å². The van der Waals surface area contributed by atoms with E-state index in [2.05, 4.69) is 67.6 Å². The van der Waals surface area contributed by atoms with Crippen molar-refractivity contribution in [3.05, 3.63) is 76.7 Å². The van der Waals surface area contributed by atoms with E-state index >= 15 is 0 Å². The van der Waals surface area contributed by atoms with E-state index < -0.39 is 5.54 Å². The van der Waals surface area contributed by atoms with Crippen molar-refractivity contribution >= 4 is 28.1 Å². The molecule has 1 aliphatic rings. The largest absolute Gasteiger partial charge is 0.398 e. The van der Waals surface area contributed by atoms with Crippen LogP contribution in [-0.2, 0) is 0 Å². The molecule has 3 aromatic rings. The van der Waals surface area contributed by atoms with Gasteiger partial charge in [-0.25, -0.2) is 0 Å². The van der Waals surface area contributed by atoms with Gasteiger partial charge in [0.25, 0.3) is 0 Å². The molecule has 24 heavy (non-hydrogen) atoms. The molecule has 2 nitrogen and oxygen atoms in total. The van der Waals surface area contributed by atoms with E-state index in [4.69, 9.17) is 11.5 Å². The average molecular weight is 314 g/mol. The van der Waals surface area contributed by atoms with Crippen LogP contribution < -0.4 is 21.9 Å². The van der Waals surface area contributed by atoms with Gasteiger partial charge in [-0.05, 0) is 45.7 Å². The second-order valence-corrected chi connectivity index (χ2v) is 6.63. The highest BCUT2D eigenvalue weighted by molar-refractivity contribution is 6.00. The van der Waals surface area contributed by atoms with Gasteiger partial charge >= 0.3 is 0 Å². The van der Waals surface area contributed by atoms with Gasteiger partial charge in [-0.2, -0.15) is 0 Å². The monoisotopic (exact) mass is 314 g/mol. The fourth-order valence-corrected chi connectivity index (χ4v) is 3.84. The lowest BCUT2D eigenvalue weighted by molar-refractivity contribution is 0.540. The molecule has 0 spiro atoms. The highest BCUT2D eigenvalue weighted by Crippen LogP contribution is 2.37. The molecule has 0 heterocycles. The van der Waals surface area contributed by atoms with Crippen LogP contribution in [0.3, 0.4) is 0 Å². The van der Waals surface area contributed by atoms with Gasteiger partial charge in [0.1, 0.15) is 0 Å². The molecule has 0 radical (unpaired) electrons. The molecule has 4 N–H and O–H groups in total. The zero-order valence-corrected chi connectivity index (χ0v) is 13.9. The van der Waals surface area contributed by atoms with Crippen molar-refractivity contribution < 1.29 is 0 Å². The molecule has 1 unspecified atom stereocenters. The number of hydrogen-bond acceptors (Lipinski definition) is 2. The van der Waals surface area contributed by atoms with Crippen LogP contribution in [0, 0.1) is 0 Å². The Hall–Kier alpha value is -2.58. The van der Waals surface area contributed by atoms with Gasteiger partial charge in [-0.1, -0.05) is 67.6 Å². The Balaban J connectivity index is 2.22. The van der Waals surface area contributed by atoms with Gasteiger partial charge in [0.15, 0.2) is 0 Å².